The quantitative estimate of drug-likeness (QED) is 0.640. The van der Waals surface area contributed by atoms with Gasteiger partial charge in [-0.25, -0.2) is 0 Å². The van der Waals surface area contributed by atoms with Crippen LogP contribution >= 0.6 is 11.8 Å². The SMILES string of the molecule is CCC(=O)N1CCSC2(O)OC3CN(C(C)=O)CCC3(O)OC2C1. The third-order valence-corrected chi connectivity index (χ3v) is 6.01. The van der Waals surface area contributed by atoms with Crippen LogP contribution in [0.4, 0.5) is 0 Å². The summed E-state index contributed by atoms with van der Waals surface area (Å²) in [5.41, 5.74) is 0. The molecule has 0 aromatic carbocycles. The number of carbonyl (C=O) groups excluding carboxylic acids is 2. The van der Waals surface area contributed by atoms with E-state index in [-0.39, 0.29) is 31.3 Å². The van der Waals surface area contributed by atoms with Gasteiger partial charge in [0.05, 0.1) is 13.1 Å². The minimum absolute atomic E-state index is 0.0241. The number of piperidine rings is 1. The Bertz CT molecular complexity index is 534. The van der Waals surface area contributed by atoms with Crippen molar-refractivity contribution >= 4 is 23.6 Å². The van der Waals surface area contributed by atoms with Gasteiger partial charge >= 0.3 is 0 Å². The Morgan fingerprint density at radius 3 is 2.54 bits per heavy atom. The van der Waals surface area contributed by atoms with Crippen LogP contribution in [0.3, 0.4) is 0 Å². The van der Waals surface area contributed by atoms with Crippen LogP contribution in [0.15, 0.2) is 0 Å². The van der Waals surface area contributed by atoms with Crippen LogP contribution in [-0.2, 0) is 19.1 Å². The number of fused-ring (bicyclic) bond motifs is 2. The standard InChI is InChI=1S/C15H24N2O6S/c1-3-13(19)17-6-7-24-15(21)12(9-17)22-14(20)4-5-16(10(2)18)8-11(14)23-15/h11-12,20-21H,3-9H2,1-2H3. The van der Waals surface area contributed by atoms with E-state index in [2.05, 4.69) is 0 Å². The van der Waals surface area contributed by atoms with Crippen molar-refractivity contribution in [2.24, 2.45) is 0 Å². The normalized spacial score (nSPS) is 39.7. The molecule has 0 aromatic heterocycles. The first-order chi connectivity index (χ1) is 11.3. The third kappa shape index (κ3) is 3.15. The Morgan fingerprint density at radius 2 is 1.88 bits per heavy atom. The highest BCUT2D eigenvalue weighted by Gasteiger charge is 2.59. The molecule has 4 atom stereocenters. The van der Waals surface area contributed by atoms with E-state index < -0.39 is 23.1 Å². The van der Waals surface area contributed by atoms with E-state index in [1.165, 1.54) is 18.7 Å². The van der Waals surface area contributed by atoms with Crippen LogP contribution in [0, 0.1) is 0 Å². The first-order valence-electron chi connectivity index (χ1n) is 8.25. The Labute approximate surface area is 145 Å². The van der Waals surface area contributed by atoms with E-state index in [4.69, 9.17) is 9.47 Å². The molecule has 3 aliphatic rings. The van der Waals surface area contributed by atoms with Gasteiger partial charge in [0.25, 0.3) is 0 Å². The highest BCUT2D eigenvalue weighted by molar-refractivity contribution is 8.00. The van der Waals surface area contributed by atoms with E-state index in [9.17, 15) is 19.8 Å². The van der Waals surface area contributed by atoms with E-state index >= 15 is 0 Å². The summed E-state index contributed by atoms with van der Waals surface area (Å²) in [5, 5.41) is 20.1. The molecule has 0 aliphatic carbocycles. The minimum atomic E-state index is -1.64. The number of thioether (sulfide) groups is 1. The average Bonchev–Trinajstić information content (AvgIpc) is 2.69. The van der Waals surface area contributed by atoms with Crippen molar-refractivity contribution in [2.75, 3.05) is 31.9 Å². The molecule has 3 fully saturated rings. The van der Waals surface area contributed by atoms with Crippen molar-refractivity contribution in [1.82, 2.24) is 9.80 Å². The molecule has 8 nitrogen and oxygen atoms in total. The molecular formula is C15H24N2O6S. The van der Waals surface area contributed by atoms with Gasteiger partial charge in [0.15, 0.2) is 5.79 Å². The number of ether oxygens (including phenoxy) is 2. The Morgan fingerprint density at radius 1 is 1.17 bits per heavy atom. The maximum atomic E-state index is 12.0. The van der Waals surface area contributed by atoms with Crippen LogP contribution in [0.2, 0.25) is 0 Å². The zero-order valence-corrected chi connectivity index (χ0v) is 14.8. The van der Waals surface area contributed by atoms with Crippen LogP contribution in [-0.4, -0.2) is 86.9 Å². The van der Waals surface area contributed by atoms with E-state index in [0.29, 0.717) is 25.3 Å². The summed E-state index contributed by atoms with van der Waals surface area (Å²) < 4.78 is 11.7. The van der Waals surface area contributed by atoms with Gasteiger partial charge < -0.3 is 29.5 Å². The lowest BCUT2D eigenvalue weighted by molar-refractivity contribution is -0.404. The predicted octanol–water partition coefficient (Wildman–Crippen LogP) is -0.657. The van der Waals surface area contributed by atoms with Crippen LogP contribution < -0.4 is 0 Å². The van der Waals surface area contributed by atoms with Crippen molar-refractivity contribution in [3.8, 4) is 0 Å². The molecule has 0 bridgehead atoms. The van der Waals surface area contributed by atoms with Crippen molar-refractivity contribution in [3.63, 3.8) is 0 Å². The lowest BCUT2D eigenvalue weighted by atomic mass is 9.98. The summed E-state index contributed by atoms with van der Waals surface area (Å²) >= 11 is 1.17. The first-order valence-corrected chi connectivity index (χ1v) is 9.23. The van der Waals surface area contributed by atoms with Gasteiger partial charge in [-0.05, 0) is 0 Å². The van der Waals surface area contributed by atoms with Gasteiger partial charge in [-0.2, -0.15) is 0 Å². The summed E-state index contributed by atoms with van der Waals surface area (Å²) in [7, 11) is 0. The fourth-order valence-electron chi connectivity index (χ4n) is 3.36. The van der Waals surface area contributed by atoms with Crippen LogP contribution in [0.5, 0.6) is 0 Å². The molecule has 3 rings (SSSR count). The van der Waals surface area contributed by atoms with E-state index in [1.54, 1.807) is 16.7 Å². The molecule has 0 saturated carbocycles. The zero-order valence-electron chi connectivity index (χ0n) is 13.9. The monoisotopic (exact) mass is 360 g/mol. The van der Waals surface area contributed by atoms with Crippen molar-refractivity contribution in [1.29, 1.82) is 0 Å². The number of hydrogen-bond donors (Lipinski definition) is 2. The Kier molecular flexibility index (Phi) is 4.82. The van der Waals surface area contributed by atoms with Crippen molar-refractivity contribution in [2.45, 2.75) is 49.8 Å². The lowest BCUT2D eigenvalue weighted by Crippen LogP contribution is -2.69. The second-order valence-corrected chi connectivity index (χ2v) is 7.73. The summed E-state index contributed by atoms with van der Waals surface area (Å²) in [6.07, 6.45) is -1.09. The molecule has 2 N–H and O–H groups in total. The first kappa shape index (κ1) is 17.9. The molecule has 2 amide bonds. The maximum Gasteiger partial charge on any atom is 0.245 e. The van der Waals surface area contributed by atoms with Gasteiger partial charge in [0.1, 0.15) is 12.2 Å². The molecule has 3 saturated heterocycles. The fraction of sp³-hybridized carbons (Fsp3) is 0.867. The summed E-state index contributed by atoms with van der Waals surface area (Å²) in [4.78, 5) is 26.8. The maximum absolute atomic E-state index is 12.0. The highest BCUT2D eigenvalue weighted by atomic mass is 32.2. The molecule has 0 spiro atoms. The van der Waals surface area contributed by atoms with Gasteiger partial charge in [0.2, 0.25) is 16.9 Å². The van der Waals surface area contributed by atoms with Crippen molar-refractivity contribution in [3.05, 3.63) is 0 Å². The van der Waals surface area contributed by atoms with Gasteiger partial charge in [-0.3, -0.25) is 9.59 Å². The number of amides is 2. The third-order valence-electron chi connectivity index (χ3n) is 4.85. The summed E-state index contributed by atoms with van der Waals surface area (Å²) in [6, 6.07) is 0. The molecule has 3 heterocycles. The second-order valence-electron chi connectivity index (χ2n) is 6.45. The molecule has 24 heavy (non-hydrogen) atoms. The number of likely N-dealkylation sites (tertiary alicyclic amines) is 1. The smallest absolute Gasteiger partial charge is 0.245 e. The van der Waals surface area contributed by atoms with Crippen LogP contribution in [0.1, 0.15) is 26.7 Å². The largest absolute Gasteiger partial charge is 0.363 e. The minimum Gasteiger partial charge on any atom is -0.363 e. The predicted molar refractivity (Wildman–Crippen MR) is 85.8 cm³/mol. The summed E-state index contributed by atoms with van der Waals surface area (Å²) in [5.74, 6) is -1.19. The Balaban J connectivity index is 1.80. The number of carbonyl (C=O) groups is 2. The molecule has 136 valence electrons. The van der Waals surface area contributed by atoms with E-state index in [0.717, 1.165) is 0 Å². The van der Waals surface area contributed by atoms with Crippen LogP contribution in [0.25, 0.3) is 0 Å². The number of nitrogens with zero attached hydrogens (tertiary/aromatic N) is 2. The second kappa shape index (κ2) is 6.45. The van der Waals surface area contributed by atoms with Gasteiger partial charge in [-0.1, -0.05) is 18.7 Å². The molecular weight excluding hydrogens is 336 g/mol. The molecule has 4 unspecified atom stereocenters. The molecule has 9 heteroatoms. The molecule has 0 aromatic rings. The van der Waals surface area contributed by atoms with Gasteiger partial charge in [0, 0.05) is 38.6 Å². The van der Waals surface area contributed by atoms with Gasteiger partial charge in [-0.15, -0.1) is 0 Å². The fourth-order valence-corrected chi connectivity index (χ4v) is 4.46. The number of hydrogen-bond acceptors (Lipinski definition) is 7. The lowest BCUT2D eigenvalue weighted by Gasteiger charge is -2.53. The number of rotatable bonds is 1. The highest BCUT2D eigenvalue weighted by Crippen LogP contribution is 2.44. The van der Waals surface area contributed by atoms with Crippen molar-refractivity contribution < 1.29 is 29.3 Å². The average molecular weight is 360 g/mol. The molecule has 3 aliphatic heterocycles. The topological polar surface area (TPSA) is 99.5 Å². The zero-order chi connectivity index (χ0) is 17.5. The summed E-state index contributed by atoms with van der Waals surface area (Å²) in [6.45, 7) is 4.43. The Hall–Kier alpha value is -0.870. The van der Waals surface area contributed by atoms with E-state index in [1.807, 2.05) is 0 Å². The molecule has 0 radical (unpaired) electrons. The number of aliphatic hydroxyl groups is 2.